The SMILES string of the molecule is O=c1[nH]c(=O)n([C@@H]2O[C@H](CO)[C@H](O)[C@@H]2F)cc1I. The Bertz CT molecular complexity index is 559. The predicted molar refractivity (Wildman–Crippen MR) is 65.9 cm³/mol. The minimum atomic E-state index is -1.86. The maximum absolute atomic E-state index is 13.8. The highest BCUT2D eigenvalue weighted by Crippen LogP contribution is 2.30. The largest absolute Gasteiger partial charge is 0.394 e. The molecule has 0 unspecified atom stereocenters. The minimum Gasteiger partial charge on any atom is -0.394 e. The fourth-order valence-corrected chi connectivity index (χ4v) is 2.16. The van der Waals surface area contributed by atoms with Crippen LogP contribution in [0.5, 0.6) is 0 Å². The highest BCUT2D eigenvalue weighted by atomic mass is 127. The Kier molecular flexibility index (Phi) is 3.84. The molecule has 2 heterocycles. The number of ether oxygens (including phenoxy) is 1. The average molecular weight is 372 g/mol. The summed E-state index contributed by atoms with van der Waals surface area (Å²) in [5.41, 5.74) is -1.41. The summed E-state index contributed by atoms with van der Waals surface area (Å²) in [6.07, 6.45) is -4.69. The van der Waals surface area contributed by atoms with Crippen molar-refractivity contribution in [3.63, 3.8) is 0 Å². The van der Waals surface area contributed by atoms with E-state index < -0.39 is 42.5 Å². The second-order valence-corrected chi connectivity index (χ2v) is 4.99. The lowest BCUT2D eigenvalue weighted by Gasteiger charge is -2.15. The number of H-pyrrole nitrogens is 1. The van der Waals surface area contributed by atoms with Gasteiger partial charge in [0.1, 0.15) is 12.2 Å². The molecule has 1 saturated heterocycles. The average Bonchev–Trinajstić information content (AvgIpc) is 2.61. The van der Waals surface area contributed by atoms with Crippen molar-refractivity contribution in [1.29, 1.82) is 0 Å². The Balaban J connectivity index is 2.42. The number of hydrogen-bond acceptors (Lipinski definition) is 5. The number of nitrogens with zero attached hydrogens (tertiary/aromatic N) is 1. The zero-order valence-electron chi connectivity index (χ0n) is 8.92. The van der Waals surface area contributed by atoms with Gasteiger partial charge in [0.15, 0.2) is 12.4 Å². The number of hydrogen-bond donors (Lipinski definition) is 3. The molecule has 2 rings (SSSR count). The van der Waals surface area contributed by atoms with Crippen molar-refractivity contribution in [2.75, 3.05) is 6.61 Å². The number of aliphatic hydroxyl groups excluding tert-OH is 2. The van der Waals surface area contributed by atoms with Gasteiger partial charge in [-0.15, -0.1) is 0 Å². The van der Waals surface area contributed by atoms with Gasteiger partial charge in [-0.1, -0.05) is 0 Å². The van der Waals surface area contributed by atoms with E-state index in [2.05, 4.69) is 0 Å². The van der Waals surface area contributed by atoms with Gasteiger partial charge in [-0.3, -0.25) is 14.3 Å². The van der Waals surface area contributed by atoms with Crippen LogP contribution in [-0.2, 0) is 4.74 Å². The molecule has 0 saturated carbocycles. The van der Waals surface area contributed by atoms with Gasteiger partial charge in [-0.05, 0) is 22.6 Å². The molecule has 0 radical (unpaired) electrons. The molecule has 7 nitrogen and oxygen atoms in total. The Morgan fingerprint density at radius 3 is 2.78 bits per heavy atom. The van der Waals surface area contributed by atoms with Crippen LogP contribution in [-0.4, -0.2) is 44.8 Å². The third kappa shape index (κ3) is 2.22. The molecule has 9 heteroatoms. The molecule has 0 aliphatic carbocycles. The lowest BCUT2D eigenvalue weighted by molar-refractivity contribution is -0.0492. The molecule has 0 aromatic carbocycles. The number of rotatable bonds is 2. The number of alkyl halides is 1. The number of nitrogens with one attached hydrogen (secondary N) is 1. The Morgan fingerprint density at radius 2 is 2.22 bits per heavy atom. The summed E-state index contributed by atoms with van der Waals surface area (Å²) in [4.78, 5) is 24.7. The van der Waals surface area contributed by atoms with E-state index in [1.807, 2.05) is 4.98 Å². The summed E-state index contributed by atoms with van der Waals surface area (Å²) in [5.74, 6) is 0. The molecule has 100 valence electrons. The van der Waals surface area contributed by atoms with Crippen molar-refractivity contribution in [2.24, 2.45) is 0 Å². The zero-order valence-corrected chi connectivity index (χ0v) is 11.1. The van der Waals surface area contributed by atoms with Crippen molar-refractivity contribution in [2.45, 2.75) is 24.6 Å². The standard InChI is InChI=1S/C9H10FIN2O5/c10-5-6(15)4(2-14)18-8(5)13-1-3(11)7(16)12-9(13)17/h1,4-6,8,14-15H,2H2,(H,12,16,17)/t4-,5+,6+,8-/m1/s1. The minimum absolute atomic E-state index is 0.185. The summed E-state index contributed by atoms with van der Waals surface area (Å²) in [5, 5.41) is 18.3. The molecule has 1 aromatic rings. The molecule has 0 spiro atoms. The number of aromatic nitrogens is 2. The summed E-state index contributed by atoms with van der Waals surface area (Å²) in [7, 11) is 0. The van der Waals surface area contributed by atoms with E-state index in [9.17, 15) is 19.1 Å². The van der Waals surface area contributed by atoms with E-state index in [1.165, 1.54) is 0 Å². The molecule has 0 amide bonds. The highest BCUT2D eigenvalue weighted by molar-refractivity contribution is 14.1. The van der Waals surface area contributed by atoms with E-state index in [-0.39, 0.29) is 3.57 Å². The van der Waals surface area contributed by atoms with Gasteiger partial charge in [0.05, 0.1) is 10.2 Å². The van der Waals surface area contributed by atoms with Crippen molar-refractivity contribution in [3.05, 3.63) is 30.6 Å². The first-order valence-electron chi connectivity index (χ1n) is 5.05. The van der Waals surface area contributed by atoms with Crippen molar-refractivity contribution in [3.8, 4) is 0 Å². The molecular weight excluding hydrogens is 362 g/mol. The van der Waals surface area contributed by atoms with E-state index in [0.717, 1.165) is 10.8 Å². The lowest BCUT2D eigenvalue weighted by Crippen LogP contribution is -2.37. The van der Waals surface area contributed by atoms with Gasteiger partial charge in [-0.25, -0.2) is 9.18 Å². The quantitative estimate of drug-likeness (QED) is 0.562. The summed E-state index contributed by atoms with van der Waals surface area (Å²) in [6, 6.07) is 0. The zero-order chi connectivity index (χ0) is 13.4. The topological polar surface area (TPSA) is 105 Å². The van der Waals surface area contributed by atoms with Crippen LogP contribution in [0, 0.1) is 3.57 Å². The fourth-order valence-electron chi connectivity index (χ4n) is 1.73. The molecule has 1 aromatic heterocycles. The Morgan fingerprint density at radius 1 is 1.56 bits per heavy atom. The summed E-state index contributed by atoms with van der Waals surface area (Å²) >= 11 is 1.69. The van der Waals surface area contributed by atoms with E-state index in [4.69, 9.17) is 9.84 Å². The molecule has 1 aliphatic heterocycles. The van der Waals surface area contributed by atoms with Crippen LogP contribution in [0.25, 0.3) is 0 Å². The number of aromatic amines is 1. The van der Waals surface area contributed by atoms with Crippen LogP contribution >= 0.6 is 22.6 Å². The van der Waals surface area contributed by atoms with Gasteiger partial charge >= 0.3 is 5.69 Å². The fraction of sp³-hybridized carbons (Fsp3) is 0.556. The van der Waals surface area contributed by atoms with Gasteiger partial charge in [0, 0.05) is 6.20 Å². The van der Waals surface area contributed by atoms with Gasteiger partial charge in [0.2, 0.25) is 0 Å². The van der Waals surface area contributed by atoms with Crippen LogP contribution in [0.3, 0.4) is 0 Å². The molecule has 18 heavy (non-hydrogen) atoms. The van der Waals surface area contributed by atoms with Crippen LogP contribution in [0.4, 0.5) is 4.39 Å². The van der Waals surface area contributed by atoms with Crippen molar-refractivity contribution >= 4 is 22.6 Å². The number of aliphatic hydroxyl groups is 2. The second-order valence-electron chi connectivity index (χ2n) is 3.83. The smallest absolute Gasteiger partial charge is 0.330 e. The van der Waals surface area contributed by atoms with Crippen LogP contribution in [0.1, 0.15) is 6.23 Å². The lowest BCUT2D eigenvalue weighted by atomic mass is 10.1. The first-order valence-corrected chi connectivity index (χ1v) is 6.13. The number of halogens is 2. The van der Waals surface area contributed by atoms with E-state index in [0.29, 0.717) is 0 Å². The molecule has 4 atom stereocenters. The Labute approximate surface area is 113 Å². The maximum Gasteiger partial charge on any atom is 0.330 e. The summed E-state index contributed by atoms with van der Waals surface area (Å²) < 4.78 is 19.9. The van der Waals surface area contributed by atoms with Crippen molar-refractivity contribution in [1.82, 2.24) is 9.55 Å². The molecule has 0 bridgehead atoms. The predicted octanol–water partition coefficient (Wildman–Crippen LogP) is -1.27. The van der Waals surface area contributed by atoms with Crippen molar-refractivity contribution < 1.29 is 19.3 Å². The van der Waals surface area contributed by atoms with Crippen LogP contribution in [0.2, 0.25) is 0 Å². The first kappa shape index (κ1) is 13.6. The third-order valence-electron chi connectivity index (χ3n) is 2.67. The van der Waals surface area contributed by atoms with E-state index in [1.54, 1.807) is 22.6 Å². The first-order chi connectivity index (χ1) is 8.45. The molecule has 1 aliphatic rings. The van der Waals surface area contributed by atoms with E-state index >= 15 is 0 Å². The normalized spacial score (nSPS) is 31.8. The molecular formula is C9H10FIN2O5. The van der Waals surface area contributed by atoms with Gasteiger partial charge in [-0.2, -0.15) is 0 Å². The molecule has 1 fully saturated rings. The van der Waals surface area contributed by atoms with Crippen LogP contribution in [0.15, 0.2) is 15.8 Å². The molecule has 3 N–H and O–H groups in total. The Hall–Kier alpha value is -0.780. The van der Waals surface area contributed by atoms with Gasteiger partial charge in [0.25, 0.3) is 5.56 Å². The van der Waals surface area contributed by atoms with Gasteiger partial charge < -0.3 is 14.9 Å². The summed E-state index contributed by atoms with van der Waals surface area (Å²) in [6.45, 7) is -0.562. The maximum atomic E-state index is 13.8. The van der Waals surface area contributed by atoms with Crippen LogP contribution < -0.4 is 11.2 Å². The highest BCUT2D eigenvalue weighted by Gasteiger charge is 2.45. The third-order valence-corrected chi connectivity index (χ3v) is 3.44. The second kappa shape index (κ2) is 5.07. The monoisotopic (exact) mass is 372 g/mol.